The number of unbranched alkanes of at least 4 members (excludes halogenated alkanes) is 1. The Bertz CT molecular complexity index is 1710. The summed E-state index contributed by atoms with van der Waals surface area (Å²) < 4.78 is 19.9. The molecule has 5 rings (SSSR count). The lowest BCUT2D eigenvalue weighted by Crippen LogP contribution is -2.35. The van der Waals surface area contributed by atoms with Crippen LogP contribution in [0.2, 0.25) is 0 Å². The number of alkyl carbamates (subject to hydrolysis) is 2. The van der Waals surface area contributed by atoms with Crippen molar-refractivity contribution >= 4 is 30.1 Å². The first-order valence-corrected chi connectivity index (χ1v) is 18.0. The third-order valence-electron chi connectivity index (χ3n) is 7.93. The van der Waals surface area contributed by atoms with Gasteiger partial charge in [-0.25, -0.2) is 14.4 Å². The van der Waals surface area contributed by atoms with Crippen LogP contribution in [0.4, 0.5) is 9.59 Å². The molecule has 0 saturated carbocycles. The summed E-state index contributed by atoms with van der Waals surface area (Å²) in [6.07, 6.45) is 1.20. The molecule has 2 amide bonds. The van der Waals surface area contributed by atoms with Gasteiger partial charge in [-0.1, -0.05) is 121 Å². The van der Waals surface area contributed by atoms with Crippen molar-refractivity contribution in [2.24, 2.45) is 0 Å². The Balaban J connectivity index is 0.000000256. The molecule has 1 fully saturated rings. The number of likely N-dealkylation sites (N-methyl/N-ethyl adjacent to an activating group) is 1. The second-order valence-corrected chi connectivity index (χ2v) is 12.2. The quantitative estimate of drug-likeness (QED) is 0.0447. The van der Waals surface area contributed by atoms with E-state index in [9.17, 15) is 24.0 Å². The number of hydrogen-bond acceptors (Lipinski definition) is 11. The molecule has 1 saturated heterocycles. The van der Waals surface area contributed by atoms with E-state index in [1.54, 1.807) is 7.05 Å². The summed E-state index contributed by atoms with van der Waals surface area (Å²) in [6, 6.07) is 36.8. The van der Waals surface area contributed by atoms with E-state index >= 15 is 0 Å². The van der Waals surface area contributed by atoms with Crippen molar-refractivity contribution in [2.45, 2.75) is 70.6 Å². The molecule has 13 nitrogen and oxygen atoms in total. The number of rotatable bonds is 17. The molecule has 55 heavy (non-hydrogen) atoms. The zero-order valence-corrected chi connectivity index (χ0v) is 30.9. The minimum absolute atomic E-state index is 0.0485. The first-order valence-electron chi connectivity index (χ1n) is 18.0. The number of cyclic esters (lactones) is 2. The third kappa shape index (κ3) is 18.5. The summed E-state index contributed by atoms with van der Waals surface area (Å²) in [7, 11) is 1.74. The van der Waals surface area contributed by atoms with Crippen molar-refractivity contribution in [1.82, 2.24) is 16.0 Å². The summed E-state index contributed by atoms with van der Waals surface area (Å²) in [6.45, 7) is 1.36. The molecule has 0 bridgehead atoms. The molecule has 1 aliphatic heterocycles. The predicted octanol–water partition coefficient (Wildman–Crippen LogP) is 5.74. The van der Waals surface area contributed by atoms with Gasteiger partial charge in [-0.2, -0.15) is 0 Å². The largest absolute Gasteiger partial charge is 0.461 e. The summed E-state index contributed by atoms with van der Waals surface area (Å²) in [5, 5.41) is 16.6. The minimum atomic E-state index is -0.771. The first-order chi connectivity index (χ1) is 26.8. The van der Waals surface area contributed by atoms with Gasteiger partial charge in [-0.3, -0.25) is 9.59 Å². The topological polar surface area (TPSA) is 179 Å². The lowest BCUT2D eigenvalue weighted by atomic mass is 10.1. The summed E-state index contributed by atoms with van der Waals surface area (Å²) in [5.74, 6) is -1.33. The van der Waals surface area contributed by atoms with Gasteiger partial charge in [0.25, 0.3) is 0 Å². The van der Waals surface area contributed by atoms with Gasteiger partial charge in [0, 0.05) is 13.0 Å². The maximum Gasteiger partial charge on any atom is 0.415 e. The highest BCUT2D eigenvalue weighted by Gasteiger charge is 2.32. The Morgan fingerprint density at radius 3 is 1.65 bits per heavy atom. The van der Waals surface area contributed by atoms with Gasteiger partial charge in [0.15, 0.2) is 0 Å². The van der Waals surface area contributed by atoms with E-state index in [2.05, 4.69) is 20.7 Å². The van der Waals surface area contributed by atoms with Gasteiger partial charge in [0.1, 0.15) is 31.9 Å². The Morgan fingerprint density at radius 2 is 1.20 bits per heavy atom. The first kappa shape index (κ1) is 43.4. The number of benzene rings is 4. The highest BCUT2D eigenvalue weighted by molar-refractivity contribution is 5.95. The monoisotopic (exact) mass is 755 g/mol. The van der Waals surface area contributed by atoms with Crippen LogP contribution in [0.3, 0.4) is 0 Å². The van der Waals surface area contributed by atoms with E-state index in [-0.39, 0.29) is 51.3 Å². The molecule has 1 aliphatic rings. The minimum Gasteiger partial charge on any atom is -0.461 e. The van der Waals surface area contributed by atoms with Crippen LogP contribution in [0.25, 0.3) is 0 Å². The highest BCUT2D eigenvalue weighted by Crippen LogP contribution is 2.10. The fourth-order valence-electron chi connectivity index (χ4n) is 4.89. The predicted molar refractivity (Wildman–Crippen MR) is 204 cm³/mol. The lowest BCUT2D eigenvalue weighted by Gasteiger charge is -2.15. The maximum absolute atomic E-state index is 12.2. The molecule has 292 valence electrons. The molecule has 2 atom stereocenters. The van der Waals surface area contributed by atoms with Crippen LogP contribution in [0.1, 0.15) is 54.4 Å². The molecule has 0 spiro atoms. The van der Waals surface area contributed by atoms with Crippen molar-refractivity contribution in [3.63, 3.8) is 0 Å². The molecule has 4 N–H and O–H groups in total. The van der Waals surface area contributed by atoms with Crippen LogP contribution in [-0.4, -0.2) is 60.9 Å². The number of carbonyl (C=O) groups is 5. The normalized spacial score (nSPS) is 13.3. The third-order valence-corrected chi connectivity index (χ3v) is 7.93. The molecule has 1 heterocycles. The number of aliphatic hydroxyl groups excluding tert-OH is 1. The summed E-state index contributed by atoms with van der Waals surface area (Å²) >= 11 is 0. The second kappa shape index (κ2) is 25.8. The molecule has 0 aliphatic carbocycles. The summed E-state index contributed by atoms with van der Waals surface area (Å²) in [4.78, 5) is 57.2. The van der Waals surface area contributed by atoms with E-state index in [1.165, 1.54) is 0 Å². The maximum atomic E-state index is 12.2. The average Bonchev–Trinajstić information content (AvgIpc) is 3.56. The number of aliphatic hydroxyl groups is 1. The summed E-state index contributed by atoms with van der Waals surface area (Å²) in [5.41, 5.74) is 3.77. The molecule has 4 aromatic carbocycles. The molecular formula is C42H49N3O10. The fourth-order valence-corrected chi connectivity index (χ4v) is 4.89. The van der Waals surface area contributed by atoms with E-state index in [1.807, 2.05) is 121 Å². The van der Waals surface area contributed by atoms with Crippen molar-refractivity contribution in [3.8, 4) is 0 Å². The van der Waals surface area contributed by atoms with Gasteiger partial charge < -0.3 is 40.0 Å². The number of nitrogens with one attached hydrogen (secondary N) is 3. The van der Waals surface area contributed by atoms with E-state index in [4.69, 9.17) is 19.3 Å². The van der Waals surface area contributed by atoms with Gasteiger partial charge in [-0.05, 0) is 55.0 Å². The van der Waals surface area contributed by atoms with E-state index in [0.717, 1.165) is 35.1 Å². The van der Waals surface area contributed by atoms with Gasteiger partial charge in [0.2, 0.25) is 0 Å². The smallest absolute Gasteiger partial charge is 0.415 e. The molecule has 2 unspecified atom stereocenters. The van der Waals surface area contributed by atoms with Gasteiger partial charge >= 0.3 is 30.1 Å². The Labute approximate surface area is 321 Å². The second-order valence-electron chi connectivity index (χ2n) is 12.2. The van der Waals surface area contributed by atoms with Gasteiger partial charge in [0.05, 0.1) is 6.61 Å². The van der Waals surface area contributed by atoms with Gasteiger partial charge in [-0.15, -0.1) is 0 Å². The van der Waals surface area contributed by atoms with Crippen molar-refractivity contribution in [3.05, 3.63) is 144 Å². The average molecular weight is 756 g/mol. The van der Waals surface area contributed by atoms with Crippen LogP contribution in [0.5, 0.6) is 0 Å². The van der Waals surface area contributed by atoms with E-state index in [0.29, 0.717) is 13.0 Å². The molecule has 0 radical (unpaired) electrons. The van der Waals surface area contributed by atoms with E-state index < -0.39 is 30.2 Å². The Kier molecular flexibility index (Phi) is 20.4. The number of hydrogen-bond donors (Lipinski definition) is 4. The highest BCUT2D eigenvalue weighted by atomic mass is 16.6. The fraction of sp³-hybridized carbons (Fsp3) is 0.310. The zero-order valence-electron chi connectivity index (χ0n) is 30.9. The van der Waals surface area contributed by atoms with Crippen molar-refractivity contribution in [1.29, 1.82) is 0 Å². The lowest BCUT2D eigenvalue weighted by molar-refractivity contribution is -0.148. The number of esters is 3. The molecule has 4 aromatic rings. The number of ether oxygens (including phenoxy) is 4. The van der Waals surface area contributed by atoms with Crippen LogP contribution in [-0.2, 0) is 59.8 Å². The van der Waals surface area contributed by atoms with Crippen LogP contribution in [0, 0.1) is 0 Å². The SMILES string of the molecule is CNC(CCCCNC(=O)OCc1ccccc1)C(=O)OCc1ccccc1.O=C(CCC1NC(=O)OC1=O)OCc1ccccc1.OCc1ccccc1. The zero-order chi connectivity index (χ0) is 39.5. The number of amides is 2. The van der Waals surface area contributed by atoms with Crippen molar-refractivity contribution < 1.29 is 48.0 Å². The molecule has 13 heteroatoms. The molecular weight excluding hydrogens is 706 g/mol. The Morgan fingerprint density at radius 1 is 0.709 bits per heavy atom. The molecule has 0 aromatic heterocycles. The van der Waals surface area contributed by atoms with Crippen LogP contribution >= 0.6 is 0 Å². The van der Waals surface area contributed by atoms with Crippen LogP contribution in [0.15, 0.2) is 121 Å². The standard InChI is InChI=1S/C22H28N2O4.C13H13NO5.C7H8O/c1-23-20(21(25)27-16-18-10-4-2-5-11-18)14-8-9-15-24-22(26)28-17-19-12-6-3-7-13-19;15-11(18-8-9-4-2-1-3-5-9)7-6-10-12(16)19-13(17)14-10;8-6-7-4-2-1-3-5-7/h2-7,10-13,20,23H,8-9,14-17H2,1H3,(H,24,26);1-5,10H,6-8H2,(H,14,17);1-5,8H,6H2. The number of carbonyl (C=O) groups excluding carboxylic acids is 5. The van der Waals surface area contributed by atoms with Crippen molar-refractivity contribution in [2.75, 3.05) is 13.6 Å². The Hall–Kier alpha value is -6.05. The van der Waals surface area contributed by atoms with Crippen LogP contribution < -0.4 is 16.0 Å².